The summed E-state index contributed by atoms with van der Waals surface area (Å²) in [5.41, 5.74) is 5.23. The molecule has 2 aromatic heterocycles. The highest BCUT2D eigenvalue weighted by Gasteiger charge is 2.25. The molecule has 1 aliphatic carbocycles. The van der Waals surface area contributed by atoms with E-state index in [1.165, 1.54) is 16.6 Å². The summed E-state index contributed by atoms with van der Waals surface area (Å²) in [6.07, 6.45) is 7.85. The molecule has 6 heteroatoms. The number of aromatic nitrogens is 2. The van der Waals surface area contributed by atoms with Crippen molar-refractivity contribution in [2.45, 2.75) is 97.6 Å². The van der Waals surface area contributed by atoms with Crippen LogP contribution in [0.5, 0.6) is 0 Å². The van der Waals surface area contributed by atoms with Gasteiger partial charge in [0.1, 0.15) is 5.82 Å². The highest BCUT2D eigenvalue weighted by atomic mass is 16.1. The van der Waals surface area contributed by atoms with E-state index >= 15 is 0 Å². The van der Waals surface area contributed by atoms with E-state index < -0.39 is 0 Å². The molecule has 1 aromatic carbocycles. The molecule has 0 radical (unpaired) electrons. The van der Waals surface area contributed by atoms with Crippen LogP contribution in [-0.4, -0.2) is 41.0 Å². The summed E-state index contributed by atoms with van der Waals surface area (Å²) < 4.78 is 0. The maximum atomic E-state index is 13.1. The van der Waals surface area contributed by atoms with Crippen molar-refractivity contribution in [1.29, 1.82) is 0 Å². The van der Waals surface area contributed by atoms with Crippen molar-refractivity contribution in [3.8, 4) is 0 Å². The second-order valence-electron chi connectivity index (χ2n) is 11.9. The lowest BCUT2D eigenvalue weighted by Gasteiger charge is -2.31. The Morgan fingerprint density at radius 3 is 2.32 bits per heavy atom. The third kappa shape index (κ3) is 6.83. The number of nitrogens with zero attached hydrogens (tertiary/aromatic N) is 3. The van der Waals surface area contributed by atoms with E-state index in [0.29, 0.717) is 11.6 Å². The highest BCUT2D eigenvalue weighted by molar-refractivity contribution is 5.95. The van der Waals surface area contributed by atoms with Gasteiger partial charge in [-0.15, -0.1) is 0 Å². The number of fused-ring (bicyclic) bond motifs is 1. The van der Waals surface area contributed by atoms with Crippen molar-refractivity contribution in [2.75, 3.05) is 23.3 Å². The first kappa shape index (κ1) is 27.9. The smallest absolute Gasteiger partial charge is 0.251 e. The second-order valence-corrected chi connectivity index (χ2v) is 11.9. The van der Waals surface area contributed by atoms with Crippen molar-refractivity contribution in [2.24, 2.45) is 0 Å². The molecule has 0 aliphatic heterocycles. The first-order chi connectivity index (χ1) is 18.2. The van der Waals surface area contributed by atoms with Crippen molar-refractivity contribution in [3.05, 3.63) is 59.4 Å². The van der Waals surface area contributed by atoms with E-state index in [0.717, 1.165) is 68.6 Å². The fraction of sp³-hybridized carbons (Fsp3) is 0.531. The first-order valence-corrected chi connectivity index (χ1v) is 14.4. The highest BCUT2D eigenvalue weighted by Crippen LogP contribution is 2.32. The van der Waals surface area contributed by atoms with E-state index in [2.05, 4.69) is 86.3 Å². The molecule has 0 spiro atoms. The Hall–Kier alpha value is -3.15. The minimum atomic E-state index is -0.0195. The maximum absolute atomic E-state index is 13.1. The number of carbonyl (C=O) groups excluding carboxylic acids is 1. The zero-order valence-electron chi connectivity index (χ0n) is 24.1. The molecule has 0 unspecified atom stereocenters. The second kappa shape index (κ2) is 12.1. The van der Waals surface area contributed by atoms with Gasteiger partial charge in [0.15, 0.2) is 0 Å². The zero-order valence-corrected chi connectivity index (χ0v) is 24.1. The molecule has 1 fully saturated rings. The molecule has 1 amide bonds. The van der Waals surface area contributed by atoms with Gasteiger partial charge in [-0.3, -0.25) is 9.78 Å². The molecule has 2 heterocycles. The average molecular weight is 516 g/mol. The molecule has 0 bridgehead atoms. The van der Waals surface area contributed by atoms with E-state index in [-0.39, 0.29) is 17.4 Å². The Labute approximate surface area is 228 Å². The van der Waals surface area contributed by atoms with Gasteiger partial charge in [0.25, 0.3) is 5.91 Å². The zero-order chi connectivity index (χ0) is 27.3. The van der Waals surface area contributed by atoms with E-state index in [1.54, 1.807) is 6.20 Å². The topological polar surface area (TPSA) is 70.2 Å². The fourth-order valence-electron chi connectivity index (χ4n) is 5.33. The van der Waals surface area contributed by atoms with Crippen LogP contribution in [0.25, 0.3) is 10.9 Å². The van der Waals surface area contributed by atoms with Gasteiger partial charge in [-0.05, 0) is 75.8 Å². The average Bonchev–Trinajstić information content (AvgIpc) is 2.89. The molecule has 0 saturated heterocycles. The quantitative estimate of drug-likeness (QED) is 0.321. The SMILES string of the molecule is CCCN(CCC)c1cc(C(=O)NC2CCC(Nc3cc(C(C)(C)C)nc4ccc(C)cc34)CC2)ccn1. The predicted octanol–water partition coefficient (Wildman–Crippen LogP) is 7.02. The summed E-state index contributed by atoms with van der Waals surface area (Å²) >= 11 is 0. The lowest BCUT2D eigenvalue weighted by molar-refractivity contribution is 0.0926. The lowest BCUT2D eigenvalue weighted by atomic mass is 9.89. The third-order valence-electron chi connectivity index (χ3n) is 7.47. The van der Waals surface area contributed by atoms with Crippen LogP contribution in [0.4, 0.5) is 11.5 Å². The molecular weight excluding hydrogens is 470 g/mol. The maximum Gasteiger partial charge on any atom is 0.251 e. The molecule has 2 N–H and O–H groups in total. The molecule has 1 aliphatic rings. The number of pyridine rings is 2. The van der Waals surface area contributed by atoms with Crippen LogP contribution in [0, 0.1) is 6.92 Å². The van der Waals surface area contributed by atoms with Crippen molar-refractivity contribution < 1.29 is 4.79 Å². The van der Waals surface area contributed by atoms with E-state index in [9.17, 15) is 4.79 Å². The largest absolute Gasteiger partial charge is 0.382 e. The molecule has 6 nitrogen and oxygen atoms in total. The number of aryl methyl sites for hydroxylation is 1. The van der Waals surface area contributed by atoms with Crippen LogP contribution in [0.15, 0.2) is 42.6 Å². The molecule has 3 aromatic rings. The van der Waals surface area contributed by atoms with Crippen LogP contribution >= 0.6 is 0 Å². The van der Waals surface area contributed by atoms with Gasteiger partial charge >= 0.3 is 0 Å². The first-order valence-electron chi connectivity index (χ1n) is 14.4. The lowest BCUT2D eigenvalue weighted by Crippen LogP contribution is -2.40. The van der Waals surface area contributed by atoms with Crippen LogP contribution in [0.2, 0.25) is 0 Å². The number of carbonyl (C=O) groups is 1. The Balaban J connectivity index is 1.40. The van der Waals surface area contributed by atoms with Crippen LogP contribution in [0.1, 0.15) is 94.8 Å². The molecule has 204 valence electrons. The summed E-state index contributed by atoms with van der Waals surface area (Å²) in [5.74, 6) is 0.895. The number of rotatable bonds is 9. The van der Waals surface area contributed by atoms with Gasteiger partial charge in [0.05, 0.1) is 5.52 Å². The molecule has 4 rings (SSSR count). The van der Waals surface area contributed by atoms with Gasteiger partial charge in [-0.2, -0.15) is 0 Å². The number of hydrogen-bond donors (Lipinski definition) is 2. The Morgan fingerprint density at radius 2 is 1.66 bits per heavy atom. The third-order valence-corrected chi connectivity index (χ3v) is 7.47. The predicted molar refractivity (Wildman–Crippen MR) is 159 cm³/mol. The summed E-state index contributed by atoms with van der Waals surface area (Å²) in [4.78, 5) is 24.9. The summed E-state index contributed by atoms with van der Waals surface area (Å²) in [5, 5.41) is 8.32. The van der Waals surface area contributed by atoms with Crippen molar-refractivity contribution in [1.82, 2.24) is 15.3 Å². The van der Waals surface area contributed by atoms with Gasteiger partial charge in [-0.25, -0.2) is 4.98 Å². The number of hydrogen-bond acceptors (Lipinski definition) is 5. The Kier molecular flexibility index (Phi) is 8.91. The van der Waals surface area contributed by atoms with Crippen molar-refractivity contribution >= 4 is 28.3 Å². The van der Waals surface area contributed by atoms with Crippen LogP contribution < -0.4 is 15.5 Å². The van der Waals surface area contributed by atoms with Crippen molar-refractivity contribution in [3.63, 3.8) is 0 Å². The molecule has 38 heavy (non-hydrogen) atoms. The minimum absolute atomic E-state index is 0.00317. The van der Waals surface area contributed by atoms with Gasteiger partial charge in [0, 0.05) is 59.1 Å². The van der Waals surface area contributed by atoms with E-state index in [1.807, 2.05) is 12.1 Å². The molecular formula is C32H45N5O. The van der Waals surface area contributed by atoms with Crippen LogP contribution in [0.3, 0.4) is 0 Å². The van der Waals surface area contributed by atoms with Gasteiger partial charge < -0.3 is 15.5 Å². The standard InChI is InChI=1S/C32H45N5O/c1-7-17-37(18-8-2)30-20-23(15-16-33-30)31(38)35-25-12-10-24(11-13-25)34-28-21-29(32(4,5)6)36-27-14-9-22(3)19-26(27)28/h9,14-16,19-21,24-25H,7-8,10-13,17-18H2,1-6H3,(H,34,36)(H,35,38). The summed E-state index contributed by atoms with van der Waals surface area (Å²) in [6.45, 7) is 15.0. The number of nitrogens with one attached hydrogen (secondary N) is 2. The molecule has 0 atom stereocenters. The number of anilines is 2. The van der Waals surface area contributed by atoms with Crippen LogP contribution in [-0.2, 0) is 5.41 Å². The van der Waals surface area contributed by atoms with E-state index in [4.69, 9.17) is 4.98 Å². The monoisotopic (exact) mass is 515 g/mol. The van der Waals surface area contributed by atoms with Gasteiger partial charge in [0.2, 0.25) is 0 Å². The Morgan fingerprint density at radius 1 is 0.974 bits per heavy atom. The minimum Gasteiger partial charge on any atom is -0.382 e. The Bertz CT molecular complexity index is 1230. The number of benzene rings is 1. The molecule has 1 saturated carbocycles. The summed E-state index contributed by atoms with van der Waals surface area (Å²) in [7, 11) is 0. The number of amides is 1. The fourth-order valence-corrected chi connectivity index (χ4v) is 5.33. The van der Waals surface area contributed by atoms with Gasteiger partial charge in [-0.1, -0.05) is 46.2 Å². The normalized spacial score (nSPS) is 17.8. The summed E-state index contributed by atoms with van der Waals surface area (Å²) in [6, 6.07) is 13.1.